The monoisotopic (exact) mass is 272 g/mol. The minimum absolute atomic E-state index is 0.607. The van der Waals surface area contributed by atoms with E-state index in [1.54, 1.807) is 0 Å². The molecule has 1 aliphatic heterocycles. The van der Waals surface area contributed by atoms with Crippen LogP contribution in [0.1, 0.15) is 31.0 Å². The van der Waals surface area contributed by atoms with Crippen LogP contribution in [0.4, 0.5) is 5.82 Å². The average Bonchev–Trinajstić information content (AvgIpc) is 3.24. The lowest BCUT2D eigenvalue weighted by Crippen LogP contribution is -2.29. The second-order valence-corrected chi connectivity index (χ2v) is 5.92. The van der Waals surface area contributed by atoms with Crippen LogP contribution in [0.15, 0.2) is 12.4 Å². The molecule has 20 heavy (non-hydrogen) atoms. The van der Waals surface area contributed by atoms with Gasteiger partial charge in [0.25, 0.3) is 0 Å². The van der Waals surface area contributed by atoms with Gasteiger partial charge in [-0.3, -0.25) is 4.40 Å². The maximum Gasteiger partial charge on any atom is 0.203 e. The van der Waals surface area contributed by atoms with Crippen LogP contribution in [-0.4, -0.2) is 57.7 Å². The summed E-state index contributed by atoms with van der Waals surface area (Å²) in [4.78, 5) is 9.30. The van der Waals surface area contributed by atoms with Crippen molar-refractivity contribution < 1.29 is 0 Å². The van der Waals surface area contributed by atoms with Gasteiger partial charge < -0.3 is 9.80 Å². The van der Waals surface area contributed by atoms with Crippen LogP contribution in [-0.2, 0) is 0 Å². The fraction of sp³-hybridized carbons (Fsp3) is 0.643. The molecule has 6 heteroatoms. The third kappa shape index (κ3) is 2.04. The quantitative estimate of drug-likeness (QED) is 0.820. The molecule has 2 aromatic heterocycles. The lowest BCUT2D eigenvalue weighted by molar-refractivity contribution is 0.360. The summed E-state index contributed by atoms with van der Waals surface area (Å²) in [5, 5.41) is 8.79. The van der Waals surface area contributed by atoms with Crippen LogP contribution >= 0.6 is 0 Å². The predicted octanol–water partition coefficient (Wildman–Crippen LogP) is 1.14. The zero-order valence-corrected chi connectivity index (χ0v) is 11.9. The second-order valence-electron chi connectivity index (χ2n) is 5.92. The van der Waals surface area contributed by atoms with Gasteiger partial charge >= 0.3 is 0 Å². The number of likely N-dealkylation sites (N-methyl/N-ethyl adjacent to an activating group) is 1. The molecule has 6 nitrogen and oxygen atoms in total. The van der Waals surface area contributed by atoms with E-state index < -0.39 is 0 Å². The van der Waals surface area contributed by atoms with E-state index in [1.807, 2.05) is 12.4 Å². The number of fused-ring (bicyclic) bond motifs is 1. The maximum atomic E-state index is 4.57. The van der Waals surface area contributed by atoms with Crippen molar-refractivity contribution in [3.05, 3.63) is 18.2 Å². The fourth-order valence-corrected chi connectivity index (χ4v) is 2.93. The molecule has 106 valence electrons. The molecule has 0 spiro atoms. The van der Waals surface area contributed by atoms with Crippen molar-refractivity contribution in [2.45, 2.75) is 25.2 Å². The Morgan fingerprint density at radius 2 is 2.00 bits per heavy atom. The Morgan fingerprint density at radius 3 is 2.85 bits per heavy atom. The number of hydrogen-bond acceptors (Lipinski definition) is 5. The molecule has 0 atom stereocenters. The van der Waals surface area contributed by atoms with Gasteiger partial charge in [0.1, 0.15) is 5.82 Å². The molecule has 1 saturated carbocycles. The topological polar surface area (TPSA) is 49.6 Å². The van der Waals surface area contributed by atoms with Crippen molar-refractivity contribution in [1.82, 2.24) is 24.5 Å². The van der Waals surface area contributed by atoms with Gasteiger partial charge in [0.05, 0.1) is 0 Å². The SMILES string of the molecule is CN1CCCN(c2nccn3c(C4CC4)nnc23)CC1. The summed E-state index contributed by atoms with van der Waals surface area (Å²) < 4.78 is 2.13. The second kappa shape index (κ2) is 4.70. The Hall–Kier alpha value is -1.69. The molecular weight excluding hydrogens is 252 g/mol. The molecule has 0 unspecified atom stereocenters. The van der Waals surface area contributed by atoms with E-state index in [1.165, 1.54) is 19.3 Å². The molecule has 2 aromatic rings. The van der Waals surface area contributed by atoms with Crippen LogP contribution < -0.4 is 4.90 Å². The fourth-order valence-electron chi connectivity index (χ4n) is 2.93. The van der Waals surface area contributed by atoms with Gasteiger partial charge in [-0.1, -0.05) is 0 Å². The van der Waals surface area contributed by atoms with Crippen molar-refractivity contribution >= 4 is 11.5 Å². The predicted molar refractivity (Wildman–Crippen MR) is 77.1 cm³/mol. The maximum absolute atomic E-state index is 4.57. The minimum Gasteiger partial charge on any atom is -0.352 e. The van der Waals surface area contributed by atoms with Gasteiger partial charge in [-0.05, 0) is 32.9 Å². The van der Waals surface area contributed by atoms with E-state index in [9.17, 15) is 0 Å². The lowest BCUT2D eigenvalue weighted by atomic mass is 10.3. The first-order valence-electron chi connectivity index (χ1n) is 7.46. The molecule has 3 heterocycles. The van der Waals surface area contributed by atoms with Gasteiger partial charge in [0, 0.05) is 37.9 Å². The van der Waals surface area contributed by atoms with Crippen molar-refractivity contribution in [2.24, 2.45) is 0 Å². The molecule has 4 rings (SSSR count). The Kier molecular flexibility index (Phi) is 2.84. The van der Waals surface area contributed by atoms with Gasteiger partial charge in [-0.2, -0.15) is 0 Å². The zero-order chi connectivity index (χ0) is 13.5. The van der Waals surface area contributed by atoms with Gasteiger partial charge in [0.2, 0.25) is 5.65 Å². The Bertz CT molecular complexity index is 617. The number of rotatable bonds is 2. The molecule has 1 aliphatic carbocycles. The number of aromatic nitrogens is 4. The molecule has 2 fully saturated rings. The highest BCUT2D eigenvalue weighted by Crippen LogP contribution is 2.39. The molecule has 0 amide bonds. The summed E-state index contributed by atoms with van der Waals surface area (Å²) in [6.07, 6.45) is 7.53. The first-order valence-corrected chi connectivity index (χ1v) is 7.46. The third-order valence-corrected chi connectivity index (χ3v) is 4.30. The summed E-state index contributed by atoms with van der Waals surface area (Å²) in [7, 11) is 2.18. The first-order chi connectivity index (χ1) is 9.83. The standard InChI is InChI=1S/C14H20N6/c1-18-6-2-7-19(10-9-18)13-14-17-16-12(11-3-4-11)20(14)8-5-15-13/h5,8,11H,2-4,6-7,9-10H2,1H3. The van der Waals surface area contributed by atoms with Gasteiger partial charge in [0.15, 0.2) is 5.82 Å². The summed E-state index contributed by atoms with van der Waals surface area (Å²) in [6, 6.07) is 0. The van der Waals surface area contributed by atoms with E-state index in [4.69, 9.17) is 0 Å². The van der Waals surface area contributed by atoms with Crippen molar-refractivity contribution in [3.8, 4) is 0 Å². The smallest absolute Gasteiger partial charge is 0.203 e. The van der Waals surface area contributed by atoms with Crippen molar-refractivity contribution in [3.63, 3.8) is 0 Å². The van der Waals surface area contributed by atoms with Crippen LogP contribution in [0.25, 0.3) is 5.65 Å². The molecule has 0 N–H and O–H groups in total. The minimum atomic E-state index is 0.607. The summed E-state index contributed by atoms with van der Waals surface area (Å²) in [6.45, 7) is 4.28. The highest BCUT2D eigenvalue weighted by molar-refractivity contribution is 5.64. The molecule has 0 radical (unpaired) electrons. The Balaban J connectivity index is 1.72. The first kappa shape index (κ1) is 12.1. The highest BCUT2D eigenvalue weighted by Gasteiger charge is 2.29. The van der Waals surface area contributed by atoms with Crippen LogP contribution in [0, 0.1) is 0 Å². The van der Waals surface area contributed by atoms with E-state index >= 15 is 0 Å². The lowest BCUT2D eigenvalue weighted by Gasteiger charge is -2.21. The largest absolute Gasteiger partial charge is 0.352 e. The third-order valence-electron chi connectivity index (χ3n) is 4.30. The molecule has 2 aliphatic rings. The summed E-state index contributed by atoms with van der Waals surface area (Å²) in [5.41, 5.74) is 0.916. The van der Waals surface area contributed by atoms with Crippen LogP contribution in [0.3, 0.4) is 0 Å². The van der Waals surface area contributed by atoms with E-state index in [-0.39, 0.29) is 0 Å². The molecule has 1 saturated heterocycles. The normalized spacial score (nSPS) is 21.4. The average molecular weight is 272 g/mol. The number of anilines is 1. The van der Waals surface area contributed by atoms with Crippen LogP contribution in [0.2, 0.25) is 0 Å². The van der Waals surface area contributed by atoms with Crippen LogP contribution in [0.5, 0.6) is 0 Å². The highest BCUT2D eigenvalue weighted by atomic mass is 15.3. The van der Waals surface area contributed by atoms with Crippen molar-refractivity contribution in [2.75, 3.05) is 38.1 Å². The van der Waals surface area contributed by atoms with Gasteiger partial charge in [-0.15, -0.1) is 10.2 Å². The molecule has 0 bridgehead atoms. The summed E-state index contributed by atoms with van der Waals surface area (Å²) >= 11 is 0. The van der Waals surface area contributed by atoms with Crippen molar-refractivity contribution in [1.29, 1.82) is 0 Å². The van der Waals surface area contributed by atoms with E-state index in [0.29, 0.717) is 5.92 Å². The summed E-state index contributed by atoms with van der Waals surface area (Å²) in [5.74, 6) is 2.70. The Labute approximate surface area is 118 Å². The van der Waals surface area contributed by atoms with E-state index in [2.05, 4.69) is 36.4 Å². The Morgan fingerprint density at radius 1 is 1.10 bits per heavy atom. The van der Waals surface area contributed by atoms with Gasteiger partial charge in [-0.25, -0.2) is 4.98 Å². The molecular formula is C14H20N6. The number of nitrogens with zero attached hydrogens (tertiary/aromatic N) is 6. The zero-order valence-electron chi connectivity index (χ0n) is 11.9. The number of hydrogen-bond donors (Lipinski definition) is 0. The molecule has 0 aromatic carbocycles. The van der Waals surface area contributed by atoms with E-state index in [0.717, 1.165) is 43.5 Å².